The van der Waals surface area contributed by atoms with Crippen molar-refractivity contribution in [3.63, 3.8) is 0 Å². The van der Waals surface area contributed by atoms with Crippen LogP contribution in [0.3, 0.4) is 0 Å². The highest BCUT2D eigenvalue weighted by molar-refractivity contribution is 5.78. The number of hydrogen-bond acceptors (Lipinski definition) is 3. The Balaban J connectivity index is 1.65. The Hall–Kier alpha value is -2.49. The molecule has 22 heavy (non-hydrogen) atoms. The van der Waals surface area contributed by atoms with Crippen LogP contribution in [-0.2, 0) is 17.8 Å². The molecule has 3 rings (SSSR count). The maximum atomic E-state index is 12.4. The fourth-order valence-electron chi connectivity index (χ4n) is 2.49. The number of carbonyl (C=O) groups excluding carboxylic acids is 1. The lowest BCUT2D eigenvalue weighted by atomic mass is 10.1. The number of amides is 1. The maximum absolute atomic E-state index is 12.4. The number of ether oxygens (including phenoxy) is 2. The average Bonchev–Trinajstić information content (AvgIpc) is 2.97. The Kier molecular flexibility index (Phi) is 4.00. The number of hydrogen-bond donors (Lipinski definition) is 0. The van der Waals surface area contributed by atoms with Gasteiger partial charge in [0.15, 0.2) is 11.5 Å². The van der Waals surface area contributed by atoms with E-state index >= 15 is 0 Å². The van der Waals surface area contributed by atoms with Crippen LogP contribution in [0.2, 0.25) is 0 Å². The molecule has 0 N–H and O–H groups in total. The zero-order valence-corrected chi connectivity index (χ0v) is 12.8. The predicted octanol–water partition coefficient (Wildman–Crippen LogP) is 2.92. The smallest absolute Gasteiger partial charge is 0.231 e. The number of carbonyl (C=O) groups is 1. The molecule has 4 nitrogen and oxygen atoms in total. The van der Waals surface area contributed by atoms with E-state index in [1.54, 1.807) is 4.90 Å². The predicted molar refractivity (Wildman–Crippen MR) is 83.9 cm³/mol. The molecule has 0 atom stereocenters. The fourth-order valence-corrected chi connectivity index (χ4v) is 2.49. The van der Waals surface area contributed by atoms with Gasteiger partial charge in [-0.05, 0) is 35.7 Å². The quantitative estimate of drug-likeness (QED) is 0.871. The van der Waals surface area contributed by atoms with Crippen LogP contribution in [0.5, 0.6) is 11.5 Å². The van der Waals surface area contributed by atoms with Gasteiger partial charge in [0.1, 0.15) is 0 Å². The van der Waals surface area contributed by atoms with Gasteiger partial charge in [-0.3, -0.25) is 4.79 Å². The second-order valence-electron chi connectivity index (χ2n) is 5.54. The second kappa shape index (κ2) is 6.10. The van der Waals surface area contributed by atoms with Gasteiger partial charge >= 0.3 is 0 Å². The van der Waals surface area contributed by atoms with E-state index < -0.39 is 0 Å². The Morgan fingerprint density at radius 1 is 1.14 bits per heavy atom. The van der Waals surface area contributed by atoms with Gasteiger partial charge in [-0.1, -0.05) is 30.3 Å². The average molecular weight is 297 g/mol. The molecule has 0 radical (unpaired) electrons. The molecular formula is C18H19NO3. The van der Waals surface area contributed by atoms with Crippen molar-refractivity contribution in [3.8, 4) is 11.5 Å². The molecule has 0 saturated heterocycles. The summed E-state index contributed by atoms with van der Waals surface area (Å²) in [5.74, 6) is 1.54. The summed E-state index contributed by atoms with van der Waals surface area (Å²) < 4.78 is 10.6. The zero-order valence-electron chi connectivity index (χ0n) is 12.8. The van der Waals surface area contributed by atoms with E-state index in [2.05, 4.69) is 19.1 Å². The summed E-state index contributed by atoms with van der Waals surface area (Å²) in [6.45, 7) is 2.93. The van der Waals surface area contributed by atoms with Crippen molar-refractivity contribution >= 4 is 5.91 Å². The van der Waals surface area contributed by atoms with Crippen molar-refractivity contribution in [2.75, 3.05) is 13.8 Å². The molecule has 0 spiro atoms. The van der Waals surface area contributed by atoms with Gasteiger partial charge in [0, 0.05) is 13.6 Å². The summed E-state index contributed by atoms with van der Waals surface area (Å²) in [4.78, 5) is 14.1. The molecule has 0 bridgehead atoms. The third kappa shape index (κ3) is 3.06. The second-order valence-corrected chi connectivity index (χ2v) is 5.54. The summed E-state index contributed by atoms with van der Waals surface area (Å²) in [7, 11) is 1.84. The topological polar surface area (TPSA) is 38.8 Å². The Morgan fingerprint density at radius 2 is 1.91 bits per heavy atom. The van der Waals surface area contributed by atoms with E-state index in [4.69, 9.17) is 9.47 Å². The summed E-state index contributed by atoms with van der Waals surface area (Å²) in [5.41, 5.74) is 3.31. The number of nitrogens with zero attached hydrogens (tertiary/aromatic N) is 1. The van der Waals surface area contributed by atoms with E-state index in [1.165, 1.54) is 11.1 Å². The van der Waals surface area contributed by atoms with E-state index in [0.717, 1.165) is 11.3 Å². The fraction of sp³-hybridized carbons (Fsp3) is 0.278. The summed E-state index contributed by atoms with van der Waals surface area (Å²) in [5, 5.41) is 0. The normalized spacial score (nSPS) is 12.3. The maximum Gasteiger partial charge on any atom is 0.231 e. The van der Waals surface area contributed by atoms with Gasteiger partial charge in [0.2, 0.25) is 12.7 Å². The van der Waals surface area contributed by atoms with Crippen LogP contribution in [0.15, 0.2) is 42.5 Å². The van der Waals surface area contributed by atoms with E-state index in [0.29, 0.717) is 18.7 Å². The SMILES string of the molecule is Cc1ccccc1CN(C)C(=O)Cc1ccc2c(c1)OCO2. The molecule has 2 aromatic carbocycles. The van der Waals surface area contributed by atoms with Crippen LogP contribution in [-0.4, -0.2) is 24.6 Å². The van der Waals surface area contributed by atoms with E-state index in [-0.39, 0.29) is 12.7 Å². The largest absolute Gasteiger partial charge is 0.454 e. The number of aryl methyl sites for hydroxylation is 1. The van der Waals surface area contributed by atoms with Crippen LogP contribution in [0, 0.1) is 6.92 Å². The molecular weight excluding hydrogens is 278 g/mol. The minimum atomic E-state index is 0.0853. The van der Waals surface area contributed by atoms with E-state index in [1.807, 2.05) is 37.4 Å². The molecule has 0 saturated carbocycles. The lowest BCUT2D eigenvalue weighted by molar-refractivity contribution is -0.129. The van der Waals surface area contributed by atoms with Gasteiger partial charge in [0.25, 0.3) is 0 Å². The molecule has 0 unspecified atom stereocenters. The van der Waals surface area contributed by atoms with Gasteiger partial charge in [-0.15, -0.1) is 0 Å². The molecule has 4 heteroatoms. The van der Waals surface area contributed by atoms with Crippen molar-refractivity contribution in [2.45, 2.75) is 19.9 Å². The molecule has 1 aliphatic heterocycles. The highest BCUT2D eigenvalue weighted by Crippen LogP contribution is 2.32. The molecule has 0 aliphatic carbocycles. The monoisotopic (exact) mass is 297 g/mol. The Morgan fingerprint density at radius 3 is 2.73 bits per heavy atom. The summed E-state index contributed by atoms with van der Waals surface area (Å²) >= 11 is 0. The first-order valence-corrected chi connectivity index (χ1v) is 7.30. The molecule has 2 aromatic rings. The minimum Gasteiger partial charge on any atom is -0.454 e. The van der Waals surface area contributed by atoms with Gasteiger partial charge in [-0.25, -0.2) is 0 Å². The minimum absolute atomic E-state index is 0.0853. The number of rotatable bonds is 4. The van der Waals surface area contributed by atoms with Crippen molar-refractivity contribution in [1.82, 2.24) is 4.90 Å². The Bertz CT molecular complexity index is 696. The molecule has 114 valence electrons. The zero-order chi connectivity index (χ0) is 15.5. The molecule has 1 aliphatic rings. The summed E-state index contributed by atoms with van der Waals surface area (Å²) in [6, 6.07) is 13.8. The molecule has 1 amide bonds. The molecule has 1 heterocycles. The number of benzene rings is 2. The third-order valence-corrected chi connectivity index (χ3v) is 3.89. The van der Waals surface area contributed by atoms with E-state index in [9.17, 15) is 4.79 Å². The number of likely N-dealkylation sites (N-methyl/N-ethyl adjacent to an activating group) is 1. The third-order valence-electron chi connectivity index (χ3n) is 3.89. The highest BCUT2D eigenvalue weighted by Gasteiger charge is 2.16. The van der Waals surface area contributed by atoms with Gasteiger partial charge in [0.05, 0.1) is 6.42 Å². The van der Waals surface area contributed by atoms with Crippen LogP contribution in [0.4, 0.5) is 0 Å². The van der Waals surface area contributed by atoms with Crippen molar-refractivity contribution < 1.29 is 14.3 Å². The molecule has 0 fully saturated rings. The molecule has 0 aromatic heterocycles. The van der Waals surface area contributed by atoms with Crippen LogP contribution in [0.1, 0.15) is 16.7 Å². The van der Waals surface area contributed by atoms with Crippen LogP contribution < -0.4 is 9.47 Å². The van der Waals surface area contributed by atoms with Gasteiger partial charge in [-0.2, -0.15) is 0 Å². The standard InChI is InChI=1S/C18H19NO3/c1-13-5-3-4-6-15(13)11-19(2)18(20)10-14-7-8-16-17(9-14)22-12-21-16/h3-9H,10-12H2,1-2H3. The first-order valence-electron chi connectivity index (χ1n) is 7.30. The first-order chi connectivity index (χ1) is 10.6. The van der Waals surface area contributed by atoms with Crippen molar-refractivity contribution in [2.24, 2.45) is 0 Å². The van der Waals surface area contributed by atoms with Crippen molar-refractivity contribution in [3.05, 3.63) is 59.2 Å². The Labute approximate surface area is 130 Å². The lowest BCUT2D eigenvalue weighted by Gasteiger charge is -2.18. The van der Waals surface area contributed by atoms with Crippen molar-refractivity contribution in [1.29, 1.82) is 0 Å². The van der Waals surface area contributed by atoms with Crippen LogP contribution >= 0.6 is 0 Å². The summed E-state index contributed by atoms with van der Waals surface area (Å²) in [6.07, 6.45) is 0.360. The van der Waals surface area contributed by atoms with Gasteiger partial charge < -0.3 is 14.4 Å². The van der Waals surface area contributed by atoms with Crippen LogP contribution in [0.25, 0.3) is 0 Å². The lowest BCUT2D eigenvalue weighted by Crippen LogP contribution is -2.28. The first kappa shape index (κ1) is 14.4. The highest BCUT2D eigenvalue weighted by atomic mass is 16.7. The number of fused-ring (bicyclic) bond motifs is 1.